The molecule has 2 fully saturated rings. The first kappa shape index (κ1) is 18.4. The van der Waals surface area contributed by atoms with Gasteiger partial charge in [-0.15, -0.1) is 0 Å². The first-order valence-electron chi connectivity index (χ1n) is 8.80. The number of amides is 1. The number of ketones is 1. The summed E-state index contributed by atoms with van der Waals surface area (Å²) in [5.74, 6) is 0.285. The smallest absolute Gasteiger partial charge is 0.222 e. The van der Waals surface area contributed by atoms with E-state index in [0.29, 0.717) is 25.8 Å². The fourth-order valence-corrected chi connectivity index (χ4v) is 3.42. The summed E-state index contributed by atoms with van der Waals surface area (Å²) in [6.07, 6.45) is 5.02. The number of nitrogens with zero attached hydrogens (tertiary/aromatic N) is 1. The molecular weight excluding hydrogens is 298 g/mol. The summed E-state index contributed by atoms with van der Waals surface area (Å²) in [5.41, 5.74) is 0. The summed E-state index contributed by atoms with van der Waals surface area (Å²) in [5, 5.41) is 19.9. The van der Waals surface area contributed by atoms with E-state index in [1.807, 2.05) is 0 Å². The van der Waals surface area contributed by atoms with Crippen LogP contribution in [-0.2, 0) is 14.3 Å². The molecule has 1 aliphatic carbocycles. The summed E-state index contributed by atoms with van der Waals surface area (Å²) >= 11 is 0. The van der Waals surface area contributed by atoms with Gasteiger partial charge in [-0.2, -0.15) is 0 Å². The highest BCUT2D eigenvalue weighted by atomic mass is 16.5. The van der Waals surface area contributed by atoms with Gasteiger partial charge in [0.2, 0.25) is 5.91 Å². The summed E-state index contributed by atoms with van der Waals surface area (Å²) in [7, 11) is 0. The Balaban J connectivity index is 1.61. The largest absolute Gasteiger partial charge is 0.391 e. The third-order valence-electron chi connectivity index (χ3n) is 4.71. The average Bonchev–Trinajstić information content (AvgIpc) is 2.79. The highest BCUT2D eigenvalue weighted by molar-refractivity contribution is 5.81. The zero-order chi connectivity index (χ0) is 16.7. The lowest BCUT2D eigenvalue weighted by Gasteiger charge is -2.21. The van der Waals surface area contributed by atoms with Crippen molar-refractivity contribution in [1.82, 2.24) is 4.90 Å². The van der Waals surface area contributed by atoms with Crippen LogP contribution in [0.1, 0.15) is 51.4 Å². The maximum absolute atomic E-state index is 11.9. The molecule has 23 heavy (non-hydrogen) atoms. The zero-order valence-electron chi connectivity index (χ0n) is 13.8. The number of carbonyl (C=O) groups is 2. The molecule has 0 radical (unpaired) electrons. The molecule has 3 atom stereocenters. The van der Waals surface area contributed by atoms with E-state index in [0.717, 1.165) is 32.1 Å². The van der Waals surface area contributed by atoms with Gasteiger partial charge < -0.3 is 19.8 Å². The first-order chi connectivity index (χ1) is 11.1. The van der Waals surface area contributed by atoms with E-state index in [2.05, 4.69) is 0 Å². The number of carbonyl (C=O) groups excluding carboxylic acids is 2. The van der Waals surface area contributed by atoms with Crippen molar-refractivity contribution in [2.45, 2.75) is 63.6 Å². The second kappa shape index (κ2) is 9.35. The minimum absolute atomic E-state index is 0.0526. The summed E-state index contributed by atoms with van der Waals surface area (Å²) in [6, 6.07) is 0. The van der Waals surface area contributed by atoms with Crippen molar-refractivity contribution in [3.8, 4) is 0 Å². The lowest BCUT2D eigenvalue weighted by Crippen LogP contribution is -2.36. The number of Topliss-reactive ketones (excluding diaryl/α,β-unsaturated/α-hetero) is 1. The number of likely N-dealkylation sites (tertiary alicyclic amines) is 1. The van der Waals surface area contributed by atoms with Crippen LogP contribution < -0.4 is 0 Å². The number of aliphatic hydroxyl groups is 2. The van der Waals surface area contributed by atoms with Crippen molar-refractivity contribution in [2.75, 3.05) is 26.3 Å². The minimum Gasteiger partial charge on any atom is -0.391 e. The quantitative estimate of drug-likeness (QED) is 0.647. The molecule has 2 aliphatic rings. The number of ether oxygens (including phenoxy) is 1. The van der Waals surface area contributed by atoms with E-state index in [1.54, 1.807) is 4.90 Å². The SMILES string of the molecule is O=C1CCCCCC1CC(O)COCC(O)CN1CCCC1=O. The standard InChI is InChI=1S/C17H29NO5/c19-14(9-13-5-2-1-3-6-16(13)21)11-23-12-15(20)10-18-8-4-7-17(18)22/h13-15,19-20H,1-12H2. The molecule has 2 N–H and O–H groups in total. The zero-order valence-corrected chi connectivity index (χ0v) is 13.8. The fourth-order valence-electron chi connectivity index (χ4n) is 3.42. The maximum Gasteiger partial charge on any atom is 0.222 e. The van der Waals surface area contributed by atoms with Gasteiger partial charge in [-0.1, -0.05) is 12.8 Å². The molecule has 6 heteroatoms. The molecule has 3 unspecified atom stereocenters. The molecule has 1 aliphatic heterocycles. The third kappa shape index (κ3) is 6.20. The van der Waals surface area contributed by atoms with Crippen molar-refractivity contribution >= 4 is 11.7 Å². The van der Waals surface area contributed by atoms with Gasteiger partial charge in [0.25, 0.3) is 0 Å². The predicted octanol–water partition coefficient (Wildman–Crippen LogP) is 0.887. The van der Waals surface area contributed by atoms with E-state index >= 15 is 0 Å². The van der Waals surface area contributed by atoms with Gasteiger partial charge in [-0.05, 0) is 25.7 Å². The molecule has 132 valence electrons. The van der Waals surface area contributed by atoms with Crippen molar-refractivity contribution < 1.29 is 24.5 Å². The maximum atomic E-state index is 11.9. The number of rotatable bonds is 8. The molecule has 6 nitrogen and oxygen atoms in total. The van der Waals surface area contributed by atoms with Gasteiger partial charge >= 0.3 is 0 Å². The summed E-state index contributed by atoms with van der Waals surface area (Å²) in [4.78, 5) is 25.0. The predicted molar refractivity (Wildman–Crippen MR) is 84.8 cm³/mol. The minimum atomic E-state index is -0.733. The van der Waals surface area contributed by atoms with Crippen molar-refractivity contribution in [2.24, 2.45) is 5.92 Å². The van der Waals surface area contributed by atoms with E-state index in [4.69, 9.17) is 4.74 Å². The number of aliphatic hydroxyl groups excluding tert-OH is 2. The lowest BCUT2D eigenvalue weighted by atomic mass is 9.93. The van der Waals surface area contributed by atoms with Gasteiger partial charge in [0.15, 0.2) is 0 Å². The van der Waals surface area contributed by atoms with Gasteiger partial charge in [0, 0.05) is 31.8 Å². The Morgan fingerprint density at radius 3 is 2.57 bits per heavy atom. The van der Waals surface area contributed by atoms with Gasteiger partial charge in [-0.3, -0.25) is 9.59 Å². The molecule has 1 saturated carbocycles. The van der Waals surface area contributed by atoms with Crippen LogP contribution in [-0.4, -0.2) is 65.3 Å². The lowest BCUT2D eigenvalue weighted by molar-refractivity contribution is -0.129. The second-order valence-electron chi connectivity index (χ2n) is 6.79. The van der Waals surface area contributed by atoms with Crippen molar-refractivity contribution in [1.29, 1.82) is 0 Å². The number of hydrogen-bond acceptors (Lipinski definition) is 5. The van der Waals surface area contributed by atoms with Crippen LogP contribution in [0.3, 0.4) is 0 Å². The molecule has 0 aromatic heterocycles. The van der Waals surface area contributed by atoms with Gasteiger partial charge in [0.1, 0.15) is 5.78 Å². The van der Waals surface area contributed by atoms with Gasteiger partial charge in [0.05, 0.1) is 25.4 Å². The van der Waals surface area contributed by atoms with Crippen LogP contribution in [0.4, 0.5) is 0 Å². The molecule has 0 aromatic rings. The first-order valence-corrected chi connectivity index (χ1v) is 8.80. The van der Waals surface area contributed by atoms with Crippen molar-refractivity contribution in [3.63, 3.8) is 0 Å². The monoisotopic (exact) mass is 327 g/mol. The topological polar surface area (TPSA) is 87.1 Å². The third-order valence-corrected chi connectivity index (χ3v) is 4.71. The van der Waals surface area contributed by atoms with Gasteiger partial charge in [-0.25, -0.2) is 0 Å². The van der Waals surface area contributed by atoms with E-state index < -0.39 is 12.2 Å². The Morgan fingerprint density at radius 2 is 1.83 bits per heavy atom. The van der Waals surface area contributed by atoms with E-state index in [-0.39, 0.29) is 37.4 Å². The Hall–Kier alpha value is -0.980. The molecule has 0 spiro atoms. The molecule has 1 amide bonds. The summed E-state index contributed by atoms with van der Waals surface area (Å²) in [6.45, 7) is 1.20. The molecular formula is C17H29NO5. The Morgan fingerprint density at radius 1 is 1.04 bits per heavy atom. The number of hydrogen-bond donors (Lipinski definition) is 2. The normalized spacial score (nSPS) is 25.5. The van der Waals surface area contributed by atoms with Crippen LogP contribution in [0.2, 0.25) is 0 Å². The van der Waals surface area contributed by atoms with Crippen LogP contribution in [0.5, 0.6) is 0 Å². The summed E-state index contributed by atoms with van der Waals surface area (Å²) < 4.78 is 5.36. The Kier molecular flexibility index (Phi) is 7.46. The molecule has 0 bridgehead atoms. The Labute approximate surface area is 137 Å². The second-order valence-corrected chi connectivity index (χ2v) is 6.79. The van der Waals surface area contributed by atoms with Crippen molar-refractivity contribution in [3.05, 3.63) is 0 Å². The number of β-amino-alcohol motifs (C(OH)–C–C–N with tert-alkyl or cyclic N) is 1. The Bertz CT molecular complexity index is 400. The van der Waals surface area contributed by atoms with E-state index in [9.17, 15) is 19.8 Å². The molecule has 0 aromatic carbocycles. The molecule has 2 rings (SSSR count). The van der Waals surface area contributed by atoms with E-state index in [1.165, 1.54) is 0 Å². The van der Waals surface area contributed by atoms with Crippen LogP contribution in [0.15, 0.2) is 0 Å². The fraction of sp³-hybridized carbons (Fsp3) is 0.882. The molecule has 1 heterocycles. The van der Waals surface area contributed by atoms with Crippen LogP contribution in [0, 0.1) is 5.92 Å². The highest BCUT2D eigenvalue weighted by Gasteiger charge is 2.25. The average molecular weight is 327 g/mol. The van der Waals surface area contributed by atoms with Crippen LogP contribution in [0.25, 0.3) is 0 Å². The molecule has 1 saturated heterocycles. The van der Waals surface area contributed by atoms with Crippen LogP contribution >= 0.6 is 0 Å². The highest BCUT2D eigenvalue weighted by Crippen LogP contribution is 2.24.